The molecule has 1 heterocycles. The largest absolute Gasteiger partial charge is 0.378 e. The predicted octanol–water partition coefficient (Wildman–Crippen LogP) is 1.99. The highest BCUT2D eigenvalue weighted by Gasteiger charge is 2.19. The van der Waals surface area contributed by atoms with Crippen molar-refractivity contribution in [3.05, 3.63) is 12.7 Å². The van der Waals surface area contributed by atoms with E-state index in [0.717, 1.165) is 18.9 Å². The molecule has 2 unspecified atom stereocenters. The molecule has 1 rings (SSSR count). The van der Waals surface area contributed by atoms with Crippen molar-refractivity contribution in [2.24, 2.45) is 5.92 Å². The Morgan fingerprint density at radius 2 is 2.56 bits per heavy atom. The average molecular weight is 126 g/mol. The molecule has 0 amide bonds. The highest BCUT2D eigenvalue weighted by Crippen LogP contribution is 2.21. The maximum atomic E-state index is 5.37. The second-order valence-electron chi connectivity index (χ2n) is 2.77. The molecule has 9 heavy (non-hydrogen) atoms. The smallest absolute Gasteiger partial charge is 0.0550 e. The van der Waals surface area contributed by atoms with Crippen LogP contribution in [0.2, 0.25) is 0 Å². The van der Waals surface area contributed by atoms with Crippen LogP contribution in [-0.4, -0.2) is 12.7 Å². The first-order valence-corrected chi connectivity index (χ1v) is 3.55. The lowest BCUT2D eigenvalue weighted by Gasteiger charge is -1.99. The number of hydrogen-bond donors (Lipinski definition) is 0. The number of rotatable bonds is 2. The summed E-state index contributed by atoms with van der Waals surface area (Å²) in [6, 6.07) is 0. The van der Waals surface area contributed by atoms with E-state index in [-0.39, 0.29) is 0 Å². The summed E-state index contributed by atoms with van der Waals surface area (Å²) >= 11 is 0. The molecule has 2 atom stereocenters. The minimum absolute atomic E-state index is 0.481. The van der Waals surface area contributed by atoms with Gasteiger partial charge < -0.3 is 4.74 Å². The van der Waals surface area contributed by atoms with E-state index in [1.54, 1.807) is 0 Å². The van der Waals surface area contributed by atoms with Crippen LogP contribution in [0, 0.1) is 5.92 Å². The molecule has 1 saturated heterocycles. The zero-order valence-electron chi connectivity index (χ0n) is 5.97. The normalized spacial score (nSPS) is 34.8. The number of hydrogen-bond acceptors (Lipinski definition) is 1. The van der Waals surface area contributed by atoms with Crippen molar-refractivity contribution in [3.8, 4) is 0 Å². The van der Waals surface area contributed by atoms with E-state index in [1.165, 1.54) is 6.42 Å². The van der Waals surface area contributed by atoms with Gasteiger partial charge in [0.25, 0.3) is 0 Å². The molecule has 0 aromatic rings. The van der Waals surface area contributed by atoms with Crippen molar-refractivity contribution < 1.29 is 4.74 Å². The van der Waals surface area contributed by atoms with E-state index in [0.29, 0.717) is 6.10 Å². The Labute approximate surface area is 56.7 Å². The van der Waals surface area contributed by atoms with Gasteiger partial charge in [-0.3, -0.25) is 0 Å². The third-order valence-electron chi connectivity index (χ3n) is 1.78. The molecule has 1 aliphatic rings. The first-order chi connectivity index (χ1) is 4.33. The lowest BCUT2D eigenvalue weighted by atomic mass is 10.0. The molecule has 0 radical (unpaired) electrons. The van der Waals surface area contributed by atoms with E-state index >= 15 is 0 Å². The van der Waals surface area contributed by atoms with Crippen LogP contribution >= 0.6 is 0 Å². The van der Waals surface area contributed by atoms with Crippen LogP contribution in [0.25, 0.3) is 0 Å². The topological polar surface area (TPSA) is 9.23 Å². The zero-order chi connectivity index (χ0) is 6.69. The maximum Gasteiger partial charge on any atom is 0.0550 e. The summed E-state index contributed by atoms with van der Waals surface area (Å²) in [4.78, 5) is 0. The van der Waals surface area contributed by atoms with Crippen LogP contribution in [0.3, 0.4) is 0 Å². The Morgan fingerprint density at radius 1 is 1.78 bits per heavy atom. The minimum Gasteiger partial charge on any atom is -0.378 e. The van der Waals surface area contributed by atoms with Crippen LogP contribution in [0.15, 0.2) is 12.7 Å². The summed E-state index contributed by atoms with van der Waals surface area (Å²) in [5.41, 5.74) is 0. The third kappa shape index (κ3) is 1.83. The fourth-order valence-corrected chi connectivity index (χ4v) is 1.31. The predicted molar refractivity (Wildman–Crippen MR) is 38.3 cm³/mol. The van der Waals surface area contributed by atoms with E-state index < -0.39 is 0 Å². The Bertz CT molecular complexity index is 98.7. The van der Waals surface area contributed by atoms with Gasteiger partial charge in [-0.1, -0.05) is 6.08 Å². The fourth-order valence-electron chi connectivity index (χ4n) is 1.31. The molecule has 1 heteroatoms. The Kier molecular flexibility index (Phi) is 2.29. The summed E-state index contributed by atoms with van der Waals surface area (Å²) < 4.78 is 5.37. The van der Waals surface area contributed by atoms with Gasteiger partial charge in [0, 0.05) is 0 Å². The molecule has 52 valence electrons. The van der Waals surface area contributed by atoms with Crippen LogP contribution in [0.1, 0.15) is 19.8 Å². The summed E-state index contributed by atoms with van der Waals surface area (Å²) in [5.74, 6) is 0.748. The quantitative estimate of drug-likeness (QED) is 0.514. The van der Waals surface area contributed by atoms with Gasteiger partial charge in [0.15, 0.2) is 0 Å². The maximum absolute atomic E-state index is 5.37. The monoisotopic (exact) mass is 126 g/mol. The highest BCUT2D eigenvalue weighted by atomic mass is 16.5. The van der Waals surface area contributed by atoms with Gasteiger partial charge in [-0.25, -0.2) is 0 Å². The van der Waals surface area contributed by atoms with Gasteiger partial charge in [0.2, 0.25) is 0 Å². The number of allylic oxidation sites excluding steroid dienone is 1. The van der Waals surface area contributed by atoms with Crippen LogP contribution < -0.4 is 0 Å². The number of ether oxygens (including phenoxy) is 1. The minimum atomic E-state index is 0.481. The molecule has 0 spiro atoms. The highest BCUT2D eigenvalue weighted by molar-refractivity contribution is 4.78. The zero-order valence-corrected chi connectivity index (χ0v) is 5.97. The SMILES string of the molecule is C=CCC1COC(C)C1. The summed E-state index contributed by atoms with van der Waals surface area (Å²) in [6.45, 7) is 6.76. The Balaban J connectivity index is 2.21. The molecule has 0 aromatic heterocycles. The summed E-state index contributed by atoms with van der Waals surface area (Å²) in [5, 5.41) is 0. The lowest BCUT2D eigenvalue weighted by molar-refractivity contribution is 0.120. The van der Waals surface area contributed by atoms with Gasteiger partial charge in [-0.2, -0.15) is 0 Å². The van der Waals surface area contributed by atoms with Gasteiger partial charge in [-0.05, 0) is 25.7 Å². The van der Waals surface area contributed by atoms with Crippen molar-refractivity contribution in [2.45, 2.75) is 25.9 Å². The van der Waals surface area contributed by atoms with Gasteiger partial charge in [0.1, 0.15) is 0 Å². The van der Waals surface area contributed by atoms with Crippen LogP contribution in [0.4, 0.5) is 0 Å². The standard InChI is InChI=1S/C8H14O/c1-3-4-8-5-7(2)9-6-8/h3,7-8H,1,4-6H2,2H3. The molecular weight excluding hydrogens is 112 g/mol. The van der Waals surface area contributed by atoms with E-state index in [2.05, 4.69) is 13.5 Å². The van der Waals surface area contributed by atoms with Crippen LogP contribution in [0.5, 0.6) is 0 Å². The molecule has 0 aromatic carbocycles. The summed E-state index contributed by atoms with van der Waals surface area (Å²) in [7, 11) is 0. The van der Waals surface area contributed by atoms with E-state index in [1.807, 2.05) is 6.08 Å². The average Bonchev–Trinajstić information content (AvgIpc) is 2.17. The van der Waals surface area contributed by atoms with Crippen molar-refractivity contribution >= 4 is 0 Å². The van der Waals surface area contributed by atoms with Crippen molar-refractivity contribution in [1.82, 2.24) is 0 Å². The van der Waals surface area contributed by atoms with Crippen molar-refractivity contribution in [1.29, 1.82) is 0 Å². The molecule has 1 nitrogen and oxygen atoms in total. The molecule has 1 fully saturated rings. The molecule has 1 aliphatic heterocycles. The van der Waals surface area contributed by atoms with Gasteiger partial charge in [0.05, 0.1) is 12.7 Å². The van der Waals surface area contributed by atoms with Gasteiger partial charge >= 0.3 is 0 Å². The molecule has 0 N–H and O–H groups in total. The van der Waals surface area contributed by atoms with E-state index in [9.17, 15) is 0 Å². The van der Waals surface area contributed by atoms with Gasteiger partial charge in [-0.15, -0.1) is 6.58 Å². The lowest BCUT2D eigenvalue weighted by Crippen LogP contribution is -1.96. The first kappa shape index (κ1) is 6.81. The fraction of sp³-hybridized carbons (Fsp3) is 0.750. The molecular formula is C8H14O. The van der Waals surface area contributed by atoms with E-state index in [4.69, 9.17) is 4.74 Å². The molecule has 0 bridgehead atoms. The molecule has 0 aliphatic carbocycles. The van der Waals surface area contributed by atoms with Crippen molar-refractivity contribution in [3.63, 3.8) is 0 Å². The Morgan fingerprint density at radius 3 is 3.00 bits per heavy atom. The second kappa shape index (κ2) is 3.02. The van der Waals surface area contributed by atoms with Crippen LogP contribution in [-0.2, 0) is 4.74 Å². The van der Waals surface area contributed by atoms with Crippen molar-refractivity contribution in [2.75, 3.05) is 6.61 Å². The Hall–Kier alpha value is -0.300. The third-order valence-corrected chi connectivity index (χ3v) is 1.78. The summed E-state index contributed by atoms with van der Waals surface area (Å²) in [6.07, 6.45) is 4.79. The second-order valence-corrected chi connectivity index (χ2v) is 2.77. The first-order valence-electron chi connectivity index (χ1n) is 3.55. The molecule has 0 saturated carbocycles.